The van der Waals surface area contributed by atoms with Gasteiger partial charge >= 0.3 is 0 Å². The summed E-state index contributed by atoms with van der Waals surface area (Å²) in [4.78, 5) is 7.16. The molecule has 2 heterocycles. The predicted molar refractivity (Wildman–Crippen MR) is 106 cm³/mol. The Labute approximate surface area is 159 Å². The molecule has 6 heteroatoms. The largest absolute Gasteiger partial charge is 0.491 e. The number of rotatable bonds is 6. The predicted octanol–water partition coefficient (Wildman–Crippen LogP) is 2.99. The van der Waals surface area contributed by atoms with E-state index in [1.54, 1.807) is 0 Å². The highest BCUT2D eigenvalue weighted by Gasteiger charge is 2.19. The third-order valence-electron chi connectivity index (χ3n) is 5.45. The quantitative estimate of drug-likeness (QED) is 0.813. The van der Waals surface area contributed by atoms with Crippen molar-refractivity contribution in [2.75, 3.05) is 39.3 Å². The molecule has 26 heavy (non-hydrogen) atoms. The van der Waals surface area contributed by atoms with Crippen molar-refractivity contribution in [3.8, 4) is 5.75 Å². The lowest BCUT2D eigenvalue weighted by Crippen LogP contribution is -2.47. The molecule has 142 valence electrons. The molecule has 5 nitrogen and oxygen atoms in total. The smallest absolute Gasteiger partial charge is 0.121 e. The Morgan fingerprint density at radius 2 is 2.04 bits per heavy atom. The summed E-state index contributed by atoms with van der Waals surface area (Å²) in [5, 5.41) is 14.9. The molecule has 0 spiro atoms. The van der Waals surface area contributed by atoms with Gasteiger partial charge in [-0.05, 0) is 25.0 Å². The topological polar surface area (TPSA) is 57.6 Å². The highest BCUT2D eigenvalue weighted by molar-refractivity contribution is 7.18. The van der Waals surface area contributed by atoms with Gasteiger partial charge in [0.2, 0.25) is 0 Å². The van der Waals surface area contributed by atoms with Gasteiger partial charge in [-0.3, -0.25) is 4.90 Å². The zero-order valence-corrected chi connectivity index (χ0v) is 16.1. The standard InChI is InChI=1S/C20H29N3O2S/c24-16(13-23-10-8-21-9-11-23)14-25-17-6-7-19-18(12-17)22-20(26-19)15-4-2-1-3-5-15/h6-7,12,15-16,21,24H,1-5,8-11,13-14H2/t16-/m1/s1. The SMILES string of the molecule is O[C@@H](COc1ccc2sc(C3CCCCC3)nc2c1)CN1CCNCC1. The summed E-state index contributed by atoms with van der Waals surface area (Å²) in [7, 11) is 0. The van der Waals surface area contributed by atoms with E-state index in [2.05, 4.69) is 16.3 Å². The van der Waals surface area contributed by atoms with Crippen LogP contribution in [0.15, 0.2) is 18.2 Å². The van der Waals surface area contributed by atoms with Crippen molar-refractivity contribution in [2.45, 2.75) is 44.1 Å². The van der Waals surface area contributed by atoms with Crippen molar-refractivity contribution in [1.82, 2.24) is 15.2 Å². The number of benzene rings is 1. The van der Waals surface area contributed by atoms with Gasteiger partial charge in [-0.15, -0.1) is 11.3 Å². The fourth-order valence-corrected chi connectivity index (χ4v) is 5.09. The van der Waals surface area contributed by atoms with Crippen LogP contribution in [0.25, 0.3) is 10.2 Å². The summed E-state index contributed by atoms with van der Waals surface area (Å²) in [6.45, 7) is 4.98. The molecule has 1 aliphatic heterocycles. The van der Waals surface area contributed by atoms with E-state index in [9.17, 15) is 5.11 Å². The third kappa shape index (κ3) is 4.55. The van der Waals surface area contributed by atoms with Crippen LogP contribution < -0.4 is 10.1 Å². The van der Waals surface area contributed by atoms with Gasteiger partial charge in [-0.25, -0.2) is 4.98 Å². The number of hydrogen-bond acceptors (Lipinski definition) is 6. The van der Waals surface area contributed by atoms with Crippen molar-refractivity contribution in [1.29, 1.82) is 0 Å². The van der Waals surface area contributed by atoms with Crippen LogP contribution in [-0.2, 0) is 0 Å². The van der Waals surface area contributed by atoms with Crippen LogP contribution in [0.1, 0.15) is 43.0 Å². The van der Waals surface area contributed by atoms with Gasteiger partial charge in [0, 0.05) is 44.7 Å². The fraction of sp³-hybridized carbons (Fsp3) is 0.650. The minimum atomic E-state index is -0.461. The third-order valence-corrected chi connectivity index (χ3v) is 6.65. The number of aromatic nitrogens is 1. The van der Waals surface area contributed by atoms with E-state index in [-0.39, 0.29) is 0 Å². The van der Waals surface area contributed by atoms with E-state index in [1.165, 1.54) is 41.8 Å². The molecule has 1 aromatic carbocycles. The zero-order chi connectivity index (χ0) is 17.8. The molecule has 1 aromatic heterocycles. The van der Waals surface area contributed by atoms with Crippen LogP contribution in [0.4, 0.5) is 0 Å². The molecular formula is C20H29N3O2S. The van der Waals surface area contributed by atoms with Gasteiger partial charge in [-0.2, -0.15) is 0 Å². The first-order chi connectivity index (χ1) is 12.8. The lowest BCUT2D eigenvalue weighted by Gasteiger charge is -2.28. The van der Waals surface area contributed by atoms with Crippen LogP contribution in [0, 0.1) is 0 Å². The van der Waals surface area contributed by atoms with Crippen molar-refractivity contribution in [2.24, 2.45) is 0 Å². The Bertz CT molecular complexity index is 708. The Morgan fingerprint density at radius 1 is 1.23 bits per heavy atom. The zero-order valence-electron chi connectivity index (χ0n) is 15.3. The molecule has 1 aliphatic carbocycles. The Hall–Kier alpha value is -1.21. The van der Waals surface area contributed by atoms with Crippen LogP contribution in [0.2, 0.25) is 0 Å². The minimum absolute atomic E-state index is 0.328. The van der Waals surface area contributed by atoms with E-state index >= 15 is 0 Å². The summed E-state index contributed by atoms with van der Waals surface area (Å²) in [6, 6.07) is 6.13. The number of ether oxygens (including phenoxy) is 1. The van der Waals surface area contributed by atoms with Gasteiger partial charge in [0.15, 0.2) is 0 Å². The number of thiazole rings is 1. The maximum atomic E-state index is 10.2. The highest BCUT2D eigenvalue weighted by atomic mass is 32.1. The maximum absolute atomic E-state index is 10.2. The lowest BCUT2D eigenvalue weighted by atomic mass is 9.90. The lowest BCUT2D eigenvalue weighted by molar-refractivity contribution is 0.0642. The number of hydrogen-bond donors (Lipinski definition) is 2. The van der Waals surface area contributed by atoms with E-state index in [0.29, 0.717) is 19.1 Å². The summed E-state index contributed by atoms with van der Waals surface area (Å²) < 4.78 is 7.08. The number of piperazine rings is 1. The average Bonchev–Trinajstić information content (AvgIpc) is 3.11. The number of aliphatic hydroxyl groups is 1. The second kappa shape index (κ2) is 8.65. The first-order valence-electron chi connectivity index (χ1n) is 9.92. The van der Waals surface area contributed by atoms with Crippen molar-refractivity contribution < 1.29 is 9.84 Å². The van der Waals surface area contributed by atoms with Crippen LogP contribution in [0.3, 0.4) is 0 Å². The molecule has 0 radical (unpaired) electrons. The molecule has 4 rings (SSSR count). The Kier molecular flexibility index (Phi) is 6.05. The molecule has 2 aliphatic rings. The normalized spacial score (nSPS) is 21.1. The molecule has 1 atom stereocenters. The first kappa shape index (κ1) is 18.2. The summed E-state index contributed by atoms with van der Waals surface area (Å²) >= 11 is 1.83. The molecule has 1 saturated carbocycles. The van der Waals surface area contributed by atoms with Crippen LogP contribution in [-0.4, -0.2) is 60.4 Å². The van der Waals surface area contributed by atoms with Gasteiger partial charge in [0.25, 0.3) is 0 Å². The second-order valence-electron chi connectivity index (χ2n) is 7.53. The highest BCUT2D eigenvalue weighted by Crippen LogP contribution is 2.37. The number of fused-ring (bicyclic) bond motifs is 1. The molecule has 0 amide bonds. The second-order valence-corrected chi connectivity index (χ2v) is 8.59. The minimum Gasteiger partial charge on any atom is -0.491 e. The molecule has 2 fully saturated rings. The van der Waals surface area contributed by atoms with Crippen LogP contribution >= 0.6 is 11.3 Å². The van der Waals surface area contributed by atoms with E-state index < -0.39 is 6.10 Å². The van der Waals surface area contributed by atoms with E-state index in [0.717, 1.165) is 37.4 Å². The molecule has 0 bridgehead atoms. The van der Waals surface area contributed by atoms with Crippen LogP contribution in [0.5, 0.6) is 5.75 Å². The van der Waals surface area contributed by atoms with Gasteiger partial charge in [-0.1, -0.05) is 19.3 Å². The molecule has 2 N–H and O–H groups in total. The fourth-order valence-electron chi connectivity index (χ4n) is 3.98. The Morgan fingerprint density at radius 3 is 2.85 bits per heavy atom. The molecule has 0 unspecified atom stereocenters. The summed E-state index contributed by atoms with van der Waals surface area (Å²) in [5.41, 5.74) is 1.03. The van der Waals surface area contributed by atoms with Crippen molar-refractivity contribution in [3.05, 3.63) is 23.2 Å². The maximum Gasteiger partial charge on any atom is 0.121 e. The van der Waals surface area contributed by atoms with Gasteiger partial charge in [0.1, 0.15) is 18.5 Å². The molecule has 2 aromatic rings. The Balaban J connectivity index is 1.34. The van der Waals surface area contributed by atoms with E-state index in [1.807, 2.05) is 23.5 Å². The molecular weight excluding hydrogens is 346 g/mol. The number of nitrogens with one attached hydrogen (secondary N) is 1. The number of aliphatic hydroxyl groups excluding tert-OH is 1. The van der Waals surface area contributed by atoms with Crippen molar-refractivity contribution >= 4 is 21.6 Å². The first-order valence-corrected chi connectivity index (χ1v) is 10.7. The molecule has 1 saturated heterocycles. The number of nitrogens with zero attached hydrogens (tertiary/aromatic N) is 2. The van der Waals surface area contributed by atoms with Gasteiger partial charge < -0.3 is 15.2 Å². The summed E-state index contributed by atoms with van der Waals surface area (Å²) in [6.07, 6.45) is 6.13. The van der Waals surface area contributed by atoms with Gasteiger partial charge in [0.05, 0.1) is 15.2 Å². The average molecular weight is 376 g/mol. The monoisotopic (exact) mass is 375 g/mol. The van der Waals surface area contributed by atoms with E-state index in [4.69, 9.17) is 9.72 Å². The number of β-amino-alcohol motifs (C(OH)–C–C–N with tert-alkyl or cyclic N) is 1. The van der Waals surface area contributed by atoms with Crippen molar-refractivity contribution in [3.63, 3.8) is 0 Å². The summed E-state index contributed by atoms with van der Waals surface area (Å²) in [5.74, 6) is 1.45.